The molecule has 0 saturated carbocycles. The summed E-state index contributed by atoms with van der Waals surface area (Å²) >= 11 is 0. The molecule has 0 aliphatic rings. The maximum atomic E-state index is 12.0. The molecular weight excluding hydrogens is 268 g/mol. The number of amides is 1. The van der Waals surface area contributed by atoms with E-state index >= 15 is 0 Å². The van der Waals surface area contributed by atoms with Gasteiger partial charge in [-0.15, -0.1) is 0 Å². The van der Waals surface area contributed by atoms with Crippen LogP contribution in [-0.4, -0.2) is 30.1 Å². The van der Waals surface area contributed by atoms with E-state index in [-0.39, 0.29) is 11.9 Å². The molecule has 1 aromatic carbocycles. The summed E-state index contributed by atoms with van der Waals surface area (Å²) in [6.45, 7) is 7.66. The quantitative estimate of drug-likeness (QED) is 0.750. The zero-order valence-electron chi connectivity index (χ0n) is 13.1. The van der Waals surface area contributed by atoms with Crippen LogP contribution in [0.5, 0.6) is 0 Å². The number of hydrogen-bond donors (Lipinski definition) is 2. The predicted molar refractivity (Wildman–Crippen MR) is 81.6 cm³/mol. The SMILES string of the molecule is CCOC(=O)C(C)(C)N[C@@H](C)C(=O)NCc1ccccc1. The van der Waals surface area contributed by atoms with Gasteiger partial charge in [-0.05, 0) is 33.3 Å². The van der Waals surface area contributed by atoms with Gasteiger partial charge in [-0.1, -0.05) is 30.3 Å². The van der Waals surface area contributed by atoms with E-state index in [1.165, 1.54) is 0 Å². The highest BCUT2D eigenvalue weighted by Gasteiger charge is 2.32. The van der Waals surface area contributed by atoms with Crippen LogP contribution in [0.3, 0.4) is 0 Å². The lowest BCUT2D eigenvalue weighted by Crippen LogP contribution is -2.55. The van der Waals surface area contributed by atoms with Crippen LogP contribution < -0.4 is 10.6 Å². The van der Waals surface area contributed by atoms with Crippen molar-refractivity contribution in [3.8, 4) is 0 Å². The molecule has 0 fully saturated rings. The van der Waals surface area contributed by atoms with Gasteiger partial charge >= 0.3 is 5.97 Å². The summed E-state index contributed by atoms with van der Waals surface area (Å²) in [5.74, 6) is -0.524. The van der Waals surface area contributed by atoms with E-state index in [9.17, 15) is 9.59 Å². The highest BCUT2D eigenvalue weighted by atomic mass is 16.5. The Morgan fingerprint density at radius 2 is 1.86 bits per heavy atom. The number of nitrogens with one attached hydrogen (secondary N) is 2. The Labute approximate surface area is 126 Å². The van der Waals surface area contributed by atoms with Crippen molar-refractivity contribution in [3.05, 3.63) is 35.9 Å². The van der Waals surface area contributed by atoms with E-state index in [1.54, 1.807) is 27.7 Å². The first kappa shape index (κ1) is 17.2. The number of benzene rings is 1. The van der Waals surface area contributed by atoms with Gasteiger partial charge in [0.2, 0.25) is 5.91 Å². The number of hydrogen-bond acceptors (Lipinski definition) is 4. The molecule has 116 valence electrons. The van der Waals surface area contributed by atoms with E-state index in [2.05, 4.69) is 10.6 Å². The Morgan fingerprint density at radius 3 is 2.43 bits per heavy atom. The molecule has 1 aromatic rings. The van der Waals surface area contributed by atoms with Gasteiger partial charge in [0.05, 0.1) is 12.6 Å². The Kier molecular flexibility index (Phi) is 6.37. The number of carbonyl (C=O) groups is 2. The molecule has 0 radical (unpaired) electrons. The van der Waals surface area contributed by atoms with Crippen LogP contribution in [0.1, 0.15) is 33.3 Å². The third kappa shape index (κ3) is 5.55. The number of ether oxygens (including phenoxy) is 1. The predicted octanol–water partition coefficient (Wildman–Crippen LogP) is 1.62. The van der Waals surface area contributed by atoms with Crippen molar-refractivity contribution in [1.29, 1.82) is 0 Å². The smallest absolute Gasteiger partial charge is 0.325 e. The van der Waals surface area contributed by atoms with Crippen molar-refractivity contribution in [1.82, 2.24) is 10.6 Å². The van der Waals surface area contributed by atoms with Crippen LogP contribution in [0.25, 0.3) is 0 Å². The Hall–Kier alpha value is -1.88. The molecule has 21 heavy (non-hydrogen) atoms. The molecule has 1 atom stereocenters. The van der Waals surface area contributed by atoms with Gasteiger partial charge in [0.15, 0.2) is 0 Å². The lowest BCUT2D eigenvalue weighted by atomic mass is 10.0. The van der Waals surface area contributed by atoms with Crippen molar-refractivity contribution < 1.29 is 14.3 Å². The first-order valence-electron chi connectivity index (χ1n) is 7.13. The second-order valence-corrected chi connectivity index (χ2v) is 5.41. The van der Waals surface area contributed by atoms with Crippen LogP contribution >= 0.6 is 0 Å². The minimum Gasteiger partial charge on any atom is -0.465 e. The van der Waals surface area contributed by atoms with E-state index < -0.39 is 11.6 Å². The number of esters is 1. The van der Waals surface area contributed by atoms with Crippen molar-refractivity contribution in [3.63, 3.8) is 0 Å². The van der Waals surface area contributed by atoms with E-state index in [4.69, 9.17) is 4.74 Å². The molecule has 5 heteroatoms. The summed E-state index contributed by atoms with van der Waals surface area (Å²) in [4.78, 5) is 23.8. The standard InChI is InChI=1S/C16H24N2O3/c1-5-21-15(20)16(3,4)18-12(2)14(19)17-11-13-9-7-6-8-10-13/h6-10,12,18H,5,11H2,1-4H3,(H,17,19)/t12-/m0/s1. The molecule has 1 rings (SSSR count). The van der Waals surface area contributed by atoms with Crippen molar-refractivity contribution >= 4 is 11.9 Å². The third-order valence-electron chi connectivity index (χ3n) is 3.07. The molecule has 0 aliphatic carbocycles. The van der Waals surface area contributed by atoms with Gasteiger partial charge in [-0.25, -0.2) is 0 Å². The highest BCUT2D eigenvalue weighted by Crippen LogP contribution is 2.07. The maximum Gasteiger partial charge on any atom is 0.325 e. The number of rotatable bonds is 7. The largest absolute Gasteiger partial charge is 0.465 e. The molecule has 5 nitrogen and oxygen atoms in total. The minimum atomic E-state index is -0.903. The van der Waals surface area contributed by atoms with Crippen LogP contribution in [0.15, 0.2) is 30.3 Å². The van der Waals surface area contributed by atoms with Crippen molar-refractivity contribution in [2.75, 3.05) is 6.61 Å². The van der Waals surface area contributed by atoms with Crippen molar-refractivity contribution in [2.45, 2.75) is 45.8 Å². The zero-order chi connectivity index (χ0) is 15.9. The first-order valence-corrected chi connectivity index (χ1v) is 7.13. The molecular formula is C16H24N2O3. The maximum absolute atomic E-state index is 12.0. The molecule has 2 N–H and O–H groups in total. The molecule has 0 bridgehead atoms. The van der Waals surface area contributed by atoms with Gasteiger partial charge in [-0.3, -0.25) is 14.9 Å². The Bertz CT molecular complexity index is 472. The van der Waals surface area contributed by atoms with Gasteiger partial charge in [-0.2, -0.15) is 0 Å². The van der Waals surface area contributed by atoms with Gasteiger partial charge < -0.3 is 10.1 Å². The Morgan fingerprint density at radius 1 is 1.24 bits per heavy atom. The molecule has 0 spiro atoms. The fraction of sp³-hybridized carbons (Fsp3) is 0.500. The monoisotopic (exact) mass is 292 g/mol. The fourth-order valence-electron chi connectivity index (χ4n) is 1.92. The summed E-state index contributed by atoms with van der Waals surface area (Å²) in [7, 11) is 0. The van der Waals surface area contributed by atoms with E-state index in [0.717, 1.165) is 5.56 Å². The van der Waals surface area contributed by atoms with Crippen LogP contribution in [0.2, 0.25) is 0 Å². The highest BCUT2D eigenvalue weighted by molar-refractivity contribution is 5.84. The average Bonchev–Trinajstić information content (AvgIpc) is 2.45. The topological polar surface area (TPSA) is 67.4 Å². The Balaban J connectivity index is 2.49. The van der Waals surface area contributed by atoms with Crippen LogP contribution in [-0.2, 0) is 20.9 Å². The van der Waals surface area contributed by atoms with Gasteiger partial charge in [0.25, 0.3) is 0 Å². The van der Waals surface area contributed by atoms with E-state index in [0.29, 0.717) is 13.2 Å². The summed E-state index contributed by atoms with van der Waals surface area (Å²) in [6.07, 6.45) is 0. The molecule has 0 unspecified atom stereocenters. The molecule has 0 aromatic heterocycles. The van der Waals surface area contributed by atoms with Crippen LogP contribution in [0.4, 0.5) is 0 Å². The summed E-state index contributed by atoms with van der Waals surface area (Å²) in [6, 6.07) is 9.17. The van der Waals surface area contributed by atoms with Gasteiger partial charge in [0, 0.05) is 6.54 Å². The fourth-order valence-corrected chi connectivity index (χ4v) is 1.92. The second kappa shape index (κ2) is 7.78. The minimum absolute atomic E-state index is 0.156. The lowest BCUT2D eigenvalue weighted by molar-refractivity contribution is -0.150. The lowest BCUT2D eigenvalue weighted by Gasteiger charge is -2.27. The summed E-state index contributed by atoms with van der Waals surface area (Å²) in [5, 5.41) is 5.83. The van der Waals surface area contributed by atoms with Gasteiger partial charge in [0.1, 0.15) is 5.54 Å². The molecule has 1 amide bonds. The normalized spacial score (nSPS) is 12.6. The molecule has 0 aliphatic heterocycles. The average molecular weight is 292 g/mol. The third-order valence-corrected chi connectivity index (χ3v) is 3.07. The second-order valence-electron chi connectivity index (χ2n) is 5.41. The van der Waals surface area contributed by atoms with Crippen LogP contribution in [0, 0.1) is 0 Å². The van der Waals surface area contributed by atoms with E-state index in [1.807, 2.05) is 30.3 Å². The molecule has 0 saturated heterocycles. The first-order chi connectivity index (χ1) is 9.86. The summed E-state index contributed by atoms with van der Waals surface area (Å²) in [5.41, 5.74) is 0.127. The van der Waals surface area contributed by atoms with Crippen molar-refractivity contribution in [2.24, 2.45) is 0 Å². The molecule has 0 heterocycles. The zero-order valence-corrected chi connectivity index (χ0v) is 13.1. The number of carbonyl (C=O) groups excluding carboxylic acids is 2. The summed E-state index contributed by atoms with van der Waals surface area (Å²) < 4.78 is 4.98.